The number of ether oxygens (including phenoxy) is 2. The largest absolute Gasteiger partial charge is 0.637 e. The first kappa shape index (κ1) is 27.9. The van der Waals surface area contributed by atoms with E-state index in [0.29, 0.717) is 0 Å². The molecule has 6 nitrogen and oxygen atoms in total. The van der Waals surface area contributed by atoms with Crippen molar-refractivity contribution in [2.45, 2.75) is 8.68 Å². The van der Waals surface area contributed by atoms with E-state index in [1.165, 1.54) is 34.9 Å². The van der Waals surface area contributed by atoms with Crippen molar-refractivity contribution in [1.82, 2.24) is 10.2 Å². The third-order valence-electron chi connectivity index (χ3n) is 1.25. The summed E-state index contributed by atoms with van der Waals surface area (Å²) in [7, 11) is 5.67. The van der Waals surface area contributed by atoms with Crippen molar-refractivity contribution in [3.8, 4) is 0 Å². The molecule has 11 heteroatoms. The minimum Gasteiger partial charge on any atom is -0.637 e. The number of carbonyl (C=O) groups is 2. The zero-order chi connectivity index (χ0) is 16.7. The molecular weight excluding hydrogens is 866 g/mol. The van der Waals surface area contributed by atoms with E-state index in [-0.39, 0.29) is 0 Å². The molecule has 23 heavy (non-hydrogen) atoms. The maximum atomic E-state index is 9.78. The Balaban J connectivity index is -0.000000117. The Kier molecular flexibility index (Phi) is 22.7. The predicted molar refractivity (Wildman–Crippen MR) is 85.6 cm³/mol. The molecule has 0 radical (unpaired) electrons. The van der Waals surface area contributed by atoms with Gasteiger partial charge in [0.15, 0.2) is 0 Å². The van der Waals surface area contributed by atoms with Gasteiger partial charge in [0.05, 0.1) is 0 Å². The Morgan fingerprint density at radius 2 is 1.26 bits per heavy atom. The van der Waals surface area contributed by atoms with Gasteiger partial charge in [-0.3, -0.25) is 36.0 Å². The molecule has 0 N–H and O–H groups in total. The van der Waals surface area contributed by atoms with Crippen LogP contribution in [-0.2, 0) is 19.1 Å². The first-order valence-corrected chi connectivity index (χ1v) is 7.62. The summed E-state index contributed by atoms with van der Waals surface area (Å²) >= 11 is 4.23. The van der Waals surface area contributed by atoms with Crippen LogP contribution in [0.5, 0.6) is 0 Å². The second kappa shape index (κ2) is 18.7. The Labute approximate surface area is 137 Å². The Hall–Kier alpha value is -3.32. The van der Waals surface area contributed by atoms with Crippen LogP contribution in [0.2, 0.25) is 0 Å². The zero-order valence-electron chi connectivity index (χ0n) is 12.6. The second-order valence-electron chi connectivity index (χ2n) is 2.46. The van der Waals surface area contributed by atoms with Crippen LogP contribution >= 0.6 is 34.9 Å². The number of esters is 2. The van der Waals surface area contributed by atoms with E-state index in [9.17, 15) is 9.59 Å². The van der Waals surface area contributed by atoms with Crippen LogP contribution < -0.4 is 0 Å². The van der Waals surface area contributed by atoms with Crippen molar-refractivity contribution < 1.29 is 19.1 Å². The number of hydrogen-bond acceptors (Lipinski definition) is 9. The van der Waals surface area contributed by atoms with E-state index in [1.54, 1.807) is 0 Å². The minimum absolute atomic E-state index is 0. The van der Waals surface area contributed by atoms with Crippen LogP contribution in [0, 0.1) is 26.7 Å². The van der Waals surface area contributed by atoms with E-state index in [1.807, 2.05) is 0 Å². The fourth-order valence-electron chi connectivity index (χ4n) is 0.432. The number of aromatic nitrogens is 2. The van der Waals surface area contributed by atoms with Gasteiger partial charge in [0.2, 0.25) is 0 Å². The average molecular weight is 880 g/mol. The summed E-state index contributed by atoms with van der Waals surface area (Å²) in [5, 5.41) is 7.63. The van der Waals surface area contributed by atoms with E-state index in [4.69, 9.17) is 0 Å². The normalized spacial score (nSPS) is 7.48. The van der Waals surface area contributed by atoms with Crippen molar-refractivity contribution in [1.29, 1.82) is 0 Å². The summed E-state index contributed by atoms with van der Waals surface area (Å²) in [6.07, 6.45) is 9.29. The van der Waals surface area contributed by atoms with Gasteiger partial charge in [-0.05, 0) is 0 Å². The molecule has 0 aliphatic carbocycles. The summed E-state index contributed by atoms with van der Waals surface area (Å²) in [6.45, 7) is 6.23. The Bertz CT molecular complexity index is 421. The molecule has 0 saturated heterocycles. The van der Waals surface area contributed by atoms with Gasteiger partial charge < -0.3 is 9.47 Å². The van der Waals surface area contributed by atoms with Crippen LogP contribution in [0.4, 0.5) is 0 Å². The fraction of sp³-hybridized carbons (Fsp3) is 0. The van der Waals surface area contributed by atoms with Gasteiger partial charge in [-0.1, -0.05) is 24.5 Å². The third-order valence-corrected chi connectivity index (χ3v) is 3.63. The summed E-state index contributed by atoms with van der Waals surface area (Å²) in [4.78, 5) is 19.6. The molecule has 0 aliphatic heterocycles. The van der Waals surface area contributed by atoms with Crippen LogP contribution in [-0.4, -0.2) is 22.1 Å². The van der Waals surface area contributed by atoms with Crippen LogP contribution in [0.1, 0.15) is 0 Å². The van der Waals surface area contributed by atoms with E-state index < -0.39 is 11.9 Å². The molecule has 1 aromatic rings. The van der Waals surface area contributed by atoms with Gasteiger partial charge in [-0.2, -0.15) is 14.2 Å². The van der Waals surface area contributed by atoms with Gasteiger partial charge >= 0.3 is 0 Å². The smallest absolute Gasteiger partial charge is 0.298 e. The Morgan fingerprint density at radius 1 is 0.957 bits per heavy atom. The quantitative estimate of drug-likeness (QED) is 0.198. The number of hydrogen-bond donors (Lipinski definition) is 0. The molecule has 0 saturated carbocycles. The first-order valence-electron chi connectivity index (χ1n) is 4.83. The summed E-state index contributed by atoms with van der Waals surface area (Å²) < 4.78 is 9.56. The van der Waals surface area contributed by atoms with Gasteiger partial charge in [0.1, 0.15) is 8.68 Å². The zero-order valence-corrected chi connectivity index (χ0v) is 27.8. The topological polar surface area (TPSA) is 78.4 Å². The van der Waals surface area contributed by atoms with Crippen molar-refractivity contribution >= 4 is 46.8 Å². The monoisotopic (exact) mass is 880 g/mol. The van der Waals surface area contributed by atoms with Crippen LogP contribution in [0.25, 0.3) is 0 Å². The molecule has 0 unspecified atom stereocenters. The van der Waals surface area contributed by atoms with Crippen molar-refractivity contribution in [3.05, 3.63) is 52.0 Å². The molecule has 0 atom stereocenters. The number of rotatable bonds is 4. The SMILES string of the molecule is C=CC(=O)O[CH2-].C=CC(=O)O[CH2-].[CH2-]Sc1nnc(S[CH2-])s1.[Rf].[Rf]. The van der Waals surface area contributed by atoms with E-state index >= 15 is 0 Å². The fourth-order valence-corrected chi connectivity index (χ4v) is 2.04. The van der Waals surface area contributed by atoms with Crippen molar-refractivity contribution in [2.75, 3.05) is 0 Å². The maximum absolute atomic E-state index is 9.78. The van der Waals surface area contributed by atoms with E-state index in [0.717, 1.165) is 20.8 Å². The molecule has 0 aromatic carbocycles. The Morgan fingerprint density at radius 3 is 1.35 bits per heavy atom. The molecule has 1 heterocycles. The first-order chi connectivity index (χ1) is 9.98. The standard InChI is InChI=1S/C4H4N2S3.2C4H5O2.2Rf/c1-7-3-5-6-4(8-2)9-3;2*1-3-4(5)6-2;;/h1-2H2;2*3H,1-2H2;;/q-2;2*-1;;. The molecule has 1 aromatic heterocycles. The molecule has 0 amide bonds. The maximum Gasteiger partial charge on any atom is 0.298 e. The second-order valence-corrected chi connectivity index (χ2v) is 5.30. The predicted octanol–water partition coefficient (Wildman–Crippen LogP) is 3.32. The van der Waals surface area contributed by atoms with Gasteiger partial charge in [-0.15, -0.1) is 10.2 Å². The van der Waals surface area contributed by atoms with Crippen molar-refractivity contribution in [2.24, 2.45) is 0 Å². The summed E-state index contributed by atoms with van der Waals surface area (Å²) in [6, 6.07) is 0. The molecular formula is C12H14N2O4Rf2S3-4. The number of nitrogens with zero attached hydrogens (tertiary/aromatic N) is 2. The molecule has 1 rings (SSSR count). The molecule has 0 fully saturated rings. The molecule has 0 aliphatic rings. The minimum atomic E-state index is -0.505. The number of carbonyl (C=O) groups excluding carboxylic acids is 2. The van der Waals surface area contributed by atoms with E-state index in [2.05, 4.69) is 59.6 Å². The van der Waals surface area contributed by atoms with Gasteiger partial charge in [0.25, 0.3) is 11.9 Å². The summed E-state index contributed by atoms with van der Waals surface area (Å²) in [5.74, 6) is -1.01. The molecule has 0 bridgehead atoms. The molecule has 0 spiro atoms. The van der Waals surface area contributed by atoms with Gasteiger partial charge in [0, 0.05) is 12.2 Å². The number of thioether (sulfide) groups is 2. The van der Waals surface area contributed by atoms with Gasteiger partial charge in [-0.25, -0.2) is 9.59 Å². The van der Waals surface area contributed by atoms with Crippen molar-refractivity contribution in [3.63, 3.8) is 0 Å². The average Bonchev–Trinajstić information content (AvgIpc) is 3.02. The van der Waals surface area contributed by atoms with Crippen LogP contribution in [0.15, 0.2) is 34.0 Å². The third kappa shape index (κ3) is 16.6. The van der Waals surface area contributed by atoms with Crippen LogP contribution in [0.3, 0.4) is 0 Å². The molecule has 122 valence electrons. The summed E-state index contributed by atoms with van der Waals surface area (Å²) in [5.41, 5.74) is 0.